The number of amides is 1. The molecular formula is C17H19FN2O3S2. The lowest BCUT2D eigenvalue weighted by molar-refractivity contribution is -0.114. The van der Waals surface area contributed by atoms with Crippen molar-refractivity contribution >= 4 is 33.4 Å². The maximum atomic E-state index is 13.0. The van der Waals surface area contributed by atoms with Crippen LogP contribution in [0.5, 0.6) is 0 Å². The lowest BCUT2D eigenvalue weighted by atomic mass is 10.1. The molecule has 2 N–H and O–H groups in total. The molecule has 0 fully saturated rings. The summed E-state index contributed by atoms with van der Waals surface area (Å²) in [5, 5.41) is 2.63. The molecule has 0 aliphatic carbocycles. The highest BCUT2D eigenvalue weighted by Gasteiger charge is 2.20. The van der Waals surface area contributed by atoms with Gasteiger partial charge in [0.1, 0.15) is 5.82 Å². The molecule has 0 aliphatic rings. The minimum atomic E-state index is -3.81. The number of carbonyl (C=O) groups is 1. The minimum Gasteiger partial charge on any atom is -0.325 e. The molecule has 8 heteroatoms. The standard InChI is InChI=1S/C17H19FN2O3S2/c1-11(13-4-6-14(18)7-5-13)20-25(22,23)15-8-9-17(24-3)16(10-15)19-12(2)21/h4-11,20H,1-3H3,(H,19,21)/t11-/m1/s1. The summed E-state index contributed by atoms with van der Waals surface area (Å²) in [5.74, 6) is -0.663. The molecular weight excluding hydrogens is 363 g/mol. The van der Waals surface area contributed by atoms with Gasteiger partial charge in [0.2, 0.25) is 15.9 Å². The molecule has 1 amide bonds. The van der Waals surface area contributed by atoms with Crippen LogP contribution < -0.4 is 10.0 Å². The fourth-order valence-electron chi connectivity index (χ4n) is 2.26. The molecule has 0 bridgehead atoms. The Labute approximate surface area is 151 Å². The van der Waals surface area contributed by atoms with E-state index in [-0.39, 0.29) is 16.6 Å². The quantitative estimate of drug-likeness (QED) is 0.750. The SMILES string of the molecule is CSc1ccc(S(=O)(=O)N[C@H](C)c2ccc(F)cc2)cc1NC(C)=O. The fourth-order valence-corrected chi connectivity index (χ4v) is 4.05. The third-order valence-electron chi connectivity index (χ3n) is 3.49. The van der Waals surface area contributed by atoms with E-state index < -0.39 is 16.1 Å². The normalized spacial score (nSPS) is 12.6. The molecule has 2 aromatic carbocycles. The monoisotopic (exact) mass is 382 g/mol. The predicted octanol–water partition coefficient (Wildman–Crippen LogP) is 3.55. The number of anilines is 1. The number of nitrogens with one attached hydrogen (secondary N) is 2. The molecule has 25 heavy (non-hydrogen) atoms. The van der Waals surface area contributed by atoms with Crippen molar-refractivity contribution in [3.8, 4) is 0 Å². The van der Waals surface area contributed by atoms with Gasteiger partial charge in [-0.25, -0.2) is 17.5 Å². The van der Waals surface area contributed by atoms with Crippen molar-refractivity contribution in [2.45, 2.75) is 29.7 Å². The van der Waals surface area contributed by atoms with Crippen LogP contribution in [0.4, 0.5) is 10.1 Å². The molecule has 134 valence electrons. The van der Waals surface area contributed by atoms with Crippen molar-refractivity contribution < 1.29 is 17.6 Å². The van der Waals surface area contributed by atoms with Crippen molar-refractivity contribution in [1.29, 1.82) is 0 Å². The van der Waals surface area contributed by atoms with E-state index in [2.05, 4.69) is 10.0 Å². The Morgan fingerprint density at radius 1 is 1.16 bits per heavy atom. The number of benzene rings is 2. The molecule has 0 aromatic heterocycles. The van der Waals surface area contributed by atoms with Crippen molar-refractivity contribution in [2.24, 2.45) is 0 Å². The molecule has 2 rings (SSSR count). The van der Waals surface area contributed by atoms with Gasteiger partial charge < -0.3 is 5.32 Å². The summed E-state index contributed by atoms with van der Waals surface area (Å²) < 4.78 is 40.8. The van der Waals surface area contributed by atoms with Gasteiger partial charge >= 0.3 is 0 Å². The summed E-state index contributed by atoms with van der Waals surface area (Å²) in [6.07, 6.45) is 1.84. The van der Waals surface area contributed by atoms with Gasteiger partial charge in [0.25, 0.3) is 0 Å². The molecule has 0 unspecified atom stereocenters. The Balaban J connectivity index is 2.29. The lowest BCUT2D eigenvalue weighted by Gasteiger charge is -2.16. The highest BCUT2D eigenvalue weighted by atomic mass is 32.2. The van der Waals surface area contributed by atoms with Gasteiger partial charge in [-0.1, -0.05) is 12.1 Å². The van der Waals surface area contributed by atoms with E-state index >= 15 is 0 Å². The Morgan fingerprint density at radius 2 is 1.80 bits per heavy atom. The van der Waals surface area contributed by atoms with Crippen LogP contribution in [-0.4, -0.2) is 20.6 Å². The topological polar surface area (TPSA) is 75.3 Å². The highest BCUT2D eigenvalue weighted by Crippen LogP contribution is 2.28. The third-order valence-corrected chi connectivity index (χ3v) is 5.83. The smallest absolute Gasteiger partial charge is 0.241 e. The van der Waals surface area contributed by atoms with E-state index in [1.807, 2.05) is 6.26 Å². The number of hydrogen-bond acceptors (Lipinski definition) is 4. The Morgan fingerprint density at radius 3 is 2.36 bits per heavy atom. The summed E-state index contributed by atoms with van der Waals surface area (Å²) in [5.41, 5.74) is 1.09. The first-order valence-electron chi connectivity index (χ1n) is 7.46. The summed E-state index contributed by atoms with van der Waals surface area (Å²) in [6.45, 7) is 3.04. The Bertz CT molecular complexity index is 868. The second-order valence-corrected chi connectivity index (χ2v) is 8.00. The molecule has 0 aliphatic heterocycles. The largest absolute Gasteiger partial charge is 0.325 e. The van der Waals surface area contributed by atoms with Crippen LogP contribution >= 0.6 is 11.8 Å². The number of rotatable bonds is 6. The van der Waals surface area contributed by atoms with Gasteiger partial charge in [-0.05, 0) is 49.1 Å². The van der Waals surface area contributed by atoms with Gasteiger partial charge in [0, 0.05) is 17.9 Å². The first-order chi connectivity index (χ1) is 11.7. The molecule has 0 spiro atoms. The van der Waals surface area contributed by atoms with E-state index in [1.165, 1.54) is 55.1 Å². The lowest BCUT2D eigenvalue weighted by Crippen LogP contribution is -2.27. The summed E-state index contributed by atoms with van der Waals surface area (Å²) in [6, 6.07) is 9.64. The van der Waals surface area contributed by atoms with Crippen molar-refractivity contribution in [3.63, 3.8) is 0 Å². The molecule has 5 nitrogen and oxygen atoms in total. The number of carbonyl (C=O) groups excluding carboxylic acids is 1. The van der Waals surface area contributed by atoms with E-state index in [0.717, 1.165) is 4.90 Å². The average molecular weight is 382 g/mol. The molecule has 0 radical (unpaired) electrons. The zero-order valence-corrected chi connectivity index (χ0v) is 15.7. The van der Waals surface area contributed by atoms with Crippen LogP contribution in [-0.2, 0) is 14.8 Å². The molecule has 0 saturated heterocycles. The Kier molecular flexibility index (Phi) is 6.21. The molecule has 1 atom stereocenters. The summed E-state index contributed by atoms with van der Waals surface area (Å²) in [4.78, 5) is 12.1. The number of halogens is 1. The number of thioether (sulfide) groups is 1. The van der Waals surface area contributed by atoms with E-state index in [9.17, 15) is 17.6 Å². The summed E-state index contributed by atoms with van der Waals surface area (Å²) in [7, 11) is -3.81. The molecule has 2 aromatic rings. The zero-order valence-electron chi connectivity index (χ0n) is 14.0. The van der Waals surface area contributed by atoms with Gasteiger partial charge in [-0.15, -0.1) is 11.8 Å². The van der Waals surface area contributed by atoms with Gasteiger partial charge in [-0.3, -0.25) is 4.79 Å². The second kappa shape index (κ2) is 7.99. The van der Waals surface area contributed by atoms with Crippen molar-refractivity contribution in [2.75, 3.05) is 11.6 Å². The first kappa shape index (κ1) is 19.4. The Hall–Kier alpha value is -1.90. The van der Waals surface area contributed by atoms with Crippen LogP contribution in [0.15, 0.2) is 52.3 Å². The van der Waals surface area contributed by atoms with Gasteiger partial charge in [0.15, 0.2) is 0 Å². The zero-order chi connectivity index (χ0) is 18.6. The predicted molar refractivity (Wildman–Crippen MR) is 97.7 cm³/mol. The van der Waals surface area contributed by atoms with Crippen molar-refractivity contribution in [1.82, 2.24) is 4.72 Å². The van der Waals surface area contributed by atoms with Gasteiger partial charge in [0.05, 0.1) is 10.6 Å². The van der Waals surface area contributed by atoms with E-state index in [1.54, 1.807) is 13.0 Å². The van der Waals surface area contributed by atoms with Crippen LogP contribution in [0, 0.1) is 5.82 Å². The van der Waals surface area contributed by atoms with Crippen LogP contribution in [0.2, 0.25) is 0 Å². The second-order valence-electron chi connectivity index (χ2n) is 5.44. The maximum absolute atomic E-state index is 13.0. The van der Waals surface area contributed by atoms with Crippen LogP contribution in [0.25, 0.3) is 0 Å². The van der Waals surface area contributed by atoms with Gasteiger partial charge in [-0.2, -0.15) is 0 Å². The highest BCUT2D eigenvalue weighted by molar-refractivity contribution is 7.98. The molecule has 0 saturated carbocycles. The molecule has 0 heterocycles. The number of hydrogen-bond donors (Lipinski definition) is 2. The van der Waals surface area contributed by atoms with E-state index in [0.29, 0.717) is 11.3 Å². The minimum absolute atomic E-state index is 0.0445. The first-order valence-corrected chi connectivity index (χ1v) is 10.2. The van der Waals surface area contributed by atoms with Crippen molar-refractivity contribution in [3.05, 3.63) is 53.8 Å². The van der Waals surface area contributed by atoms with Crippen LogP contribution in [0.3, 0.4) is 0 Å². The fraction of sp³-hybridized carbons (Fsp3) is 0.235. The average Bonchev–Trinajstić information content (AvgIpc) is 2.54. The van der Waals surface area contributed by atoms with Crippen LogP contribution in [0.1, 0.15) is 25.5 Å². The van der Waals surface area contributed by atoms with E-state index in [4.69, 9.17) is 0 Å². The third kappa shape index (κ3) is 5.04. The summed E-state index contributed by atoms with van der Waals surface area (Å²) >= 11 is 1.40. The maximum Gasteiger partial charge on any atom is 0.241 e. The number of sulfonamides is 1.